The minimum Gasteiger partial charge on any atom is -0.492 e. The highest BCUT2D eigenvalue weighted by Crippen LogP contribution is 2.35. The summed E-state index contributed by atoms with van der Waals surface area (Å²) in [5.41, 5.74) is 6.26. The molecule has 1 aliphatic heterocycles. The molecule has 0 bridgehead atoms. The molecule has 3 atom stereocenters. The highest BCUT2D eigenvalue weighted by molar-refractivity contribution is 9.10. The van der Waals surface area contributed by atoms with Crippen LogP contribution in [0.3, 0.4) is 0 Å². The number of fused-ring (bicyclic) bond motifs is 1. The van der Waals surface area contributed by atoms with Crippen molar-refractivity contribution in [1.29, 1.82) is 0 Å². The minimum absolute atomic E-state index is 0.421. The van der Waals surface area contributed by atoms with Crippen LogP contribution in [0.5, 0.6) is 5.75 Å². The number of hydrogen-bond donors (Lipinski definition) is 1. The van der Waals surface area contributed by atoms with E-state index in [4.69, 9.17) is 10.5 Å². The molecular formula is C16H23BrN2O. The molecule has 1 saturated carbocycles. The Morgan fingerprint density at radius 2 is 2.20 bits per heavy atom. The van der Waals surface area contributed by atoms with E-state index in [0.717, 1.165) is 41.8 Å². The molecule has 2 fully saturated rings. The smallest absolute Gasteiger partial charge is 0.120 e. The van der Waals surface area contributed by atoms with E-state index in [2.05, 4.69) is 20.8 Å². The summed E-state index contributed by atoms with van der Waals surface area (Å²) in [5.74, 6) is 2.48. The van der Waals surface area contributed by atoms with Gasteiger partial charge in [-0.1, -0.05) is 28.4 Å². The van der Waals surface area contributed by atoms with Gasteiger partial charge in [-0.2, -0.15) is 0 Å². The van der Waals surface area contributed by atoms with Gasteiger partial charge < -0.3 is 10.5 Å². The van der Waals surface area contributed by atoms with Crippen LogP contribution in [0.2, 0.25) is 0 Å². The molecule has 110 valence electrons. The fourth-order valence-corrected chi connectivity index (χ4v) is 4.02. The number of benzene rings is 1. The summed E-state index contributed by atoms with van der Waals surface area (Å²) in [6.07, 6.45) is 3.88. The molecule has 0 radical (unpaired) electrons. The van der Waals surface area contributed by atoms with E-state index in [1.165, 1.54) is 25.8 Å². The van der Waals surface area contributed by atoms with Crippen LogP contribution >= 0.6 is 15.9 Å². The number of nitrogens with zero attached hydrogens (tertiary/aromatic N) is 1. The summed E-state index contributed by atoms with van der Waals surface area (Å²) in [5, 5.41) is 0. The SMILES string of the molecule is NC1CCCC2CN(CCOc3cccc(Br)c3)CC12. The van der Waals surface area contributed by atoms with Crippen molar-refractivity contribution in [3.63, 3.8) is 0 Å². The van der Waals surface area contributed by atoms with Gasteiger partial charge in [0.25, 0.3) is 0 Å². The van der Waals surface area contributed by atoms with Gasteiger partial charge in [0.05, 0.1) is 0 Å². The van der Waals surface area contributed by atoms with Gasteiger partial charge in [-0.25, -0.2) is 0 Å². The normalized spacial score (nSPS) is 30.2. The van der Waals surface area contributed by atoms with E-state index in [0.29, 0.717) is 6.04 Å². The Balaban J connectivity index is 1.46. The molecule has 1 aliphatic carbocycles. The molecule has 0 spiro atoms. The highest BCUT2D eigenvalue weighted by atomic mass is 79.9. The van der Waals surface area contributed by atoms with Gasteiger partial charge in [-0.05, 0) is 42.9 Å². The van der Waals surface area contributed by atoms with Gasteiger partial charge in [0.2, 0.25) is 0 Å². The van der Waals surface area contributed by atoms with Gasteiger partial charge in [-0.3, -0.25) is 4.90 Å². The lowest BCUT2D eigenvalue weighted by Gasteiger charge is -2.29. The van der Waals surface area contributed by atoms with Crippen LogP contribution in [0.4, 0.5) is 0 Å². The first-order chi connectivity index (χ1) is 9.72. The zero-order chi connectivity index (χ0) is 13.9. The molecule has 0 aromatic heterocycles. The number of rotatable bonds is 4. The molecular weight excluding hydrogens is 316 g/mol. The van der Waals surface area contributed by atoms with E-state index in [9.17, 15) is 0 Å². The van der Waals surface area contributed by atoms with Crippen LogP contribution in [-0.4, -0.2) is 37.2 Å². The second-order valence-electron chi connectivity index (χ2n) is 6.08. The van der Waals surface area contributed by atoms with Crippen molar-refractivity contribution in [2.75, 3.05) is 26.2 Å². The summed E-state index contributed by atoms with van der Waals surface area (Å²) in [7, 11) is 0. The second-order valence-corrected chi connectivity index (χ2v) is 7.00. The number of likely N-dealkylation sites (tertiary alicyclic amines) is 1. The van der Waals surface area contributed by atoms with Crippen LogP contribution in [-0.2, 0) is 0 Å². The Bertz CT molecular complexity index is 454. The molecule has 0 amide bonds. The fraction of sp³-hybridized carbons (Fsp3) is 0.625. The molecule has 1 heterocycles. The summed E-state index contributed by atoms with van der Waals surface area (Å²) in [4.78, 5) is 2.53. The number of hydrogen-bond acceptors (Lipinski definition) is 3. The number of ether oxygens (including phenoxy) is 1. The minimum atomic E-state index is 0.421. The first-order valence-electron chi connectivity index (χ1n) is 7.58. The maximum atomic E-state index is 6.26. The van der Waals surface area contributed by atoms with Crippen LogP contribution < -0.4 is 10.5 Å². The predicted octanol–water partition coefficient (Wildman–Crippen LogP) is 2.89. The molecule has 1 aromatic carbocycles. The fourth-order valence-electron chi connectivity index (χ4n) is 3.64. The van der Waals surface area contributed by atoms with Crippen LogP contribution in [0.15, 0.2) is 28.7 Å². The van der Waals surface area contributed by atoms with Crippen molar-refractivity contribution in [2.24, 2.45) is 17.6 Å². The highest BCUT2D eigenvalue weighted by Gasteiger charge is 2.38. The lowest BCUT2D eigenvalue weighted by Crippen LogP contribution is -2.38. The van der Waals surface area contributed by atoms with E-state index in [1.807, 2.05) is 24.3 Å². The molecule has 2 aliphatic rings. The molecule has 2 N–H and O–H groups in total. The average Bonchev–Trinajstić information content (AvgIpc) is 2.83. The molecule has 4 heteroatoms. The van der Waals surface area contributed by atoms with Gasteiger partial charge >= 0.3 is 0 Å². The molecule has 3 unspecified atom stereocenters. The summed E-state index contributed by atoms with van der Waals surface area (Å²) >= 11 is 3.46. The average molecular weight is 339 g/mol. The zero-order valence-electron chi connectivity index (χ0n) is 11.8. The third-order valence-corrected chi connectivity index (χ3v) is 5.20. The van der Waals surface area contributed by atoms with Crippen LogP contribution in [0.1, 0.15) is 19.3 Å². The summed E-state index contributed by atoms with van der Waals surface area (Å²) in [6.45, 7) is 4.13. The van der Waals surface area contributed by atoms with Gasteiger partial charge in [0, 0.05) is 30.1 Å². The van der Waals surface area contributed by atoms with Crippen molar-refractivity contribution >= 4 is 15.9 Å². The third-order valence-electron chi connectivity index (χ3n) is 4.70. The van der Waals surface area contributed by atoms with Crippen molar-refractivity contribution in [3.8, 4) is 5.75 Å². The lowest BCUT2D eigenvalue weighted by molar-refractivity contribution is 0.229. The predicted molar refractivity (Wildman–Crippen MR) is 84.9 cm³/mol. The third kappa shape index (κ3) is 3.35. The van der Waals surface area contributed by atoms with E-state index in [1.54, 1.807) is 0 Å². The van der Waals surface area contributed by atoms with Crippen molar-refractivity contribution < 1.29 is 4.74 Å². The van der Waals surface area contributed by atoms with Crippen molar-refractivity contribution in [3.05, 3.63) is 28.7 Å². The van der Waals surface area contributed by atoms with E-state index in [-0.39, 0.29) is 0 Å². The van der Waals surface area contributed by atoms with Gasteiger partial charge in [0.15, 0.2) is 0 Å². The van der Waals surface area contributed by atoms with E-state index >= 15 is 0 Å². The van der Waals surface area contributed by atoms with E-state index < -0.39 is 0 Å². The summed E-state index contributed by atoms with van der Waals surface area (Å²) in [6, 6.07) is 8.46. The lowest BCUT2D eigenvalue weighted by atomic mass is 9.78. The molecule has 1 saturated heterocycles. The Morgan fingerprint density at radius 3 is 3.00 bits per heavy atom. The Morgan fingerprint density at radius 1 is 1.30 bits per heavy atom. The quantitative estimate of drug-likeness (QED) is 0.917. The van der Waals surface area contributed by atoms with Crippen molar-refractivity contribution in [2.45, 2.75) is 25.3 Å². The van der Waals surface area contributed by atoms with Crippen LogP contribution in [0.25, 0.3) is 0 Å². The van der Waals surface area contributed by atoms with Gasteiger partial charge in [0.1, 0.15) is 12.4 Å². The monoisotopic (exact) mass is 338 g/mol. The topological polar surface area (TPSA) is 38.5 Å². The van der Waals surface area contributed by atoms with Crippen molar-refractivity contribution in [1.82, 2.24) is 4.90 Å². The maximum absolute atomic E-state index is 6.26. The second kappa shape index (κ2) is 6.46. The Kier molecular flexibility index (Phi) is 4.64. The number of nitrogens with two attached hydrogens (primary N) is 1. The first-order valence-corrected chi connectivity index (χ1v) is 8.38. The zero-order valence-corrected chi connectivity index (χ0v) is 13.4. The molecule has 1 aromatic rings. The summed E-state index contributed by atoms with van der Waals surface area (Å²) < 4.78 is 6.89. The van der Waals surface area contributed by atoms with Crippen LogP contribution in [0, 0.1) is 11.8 Å². The largest absolute Gasteiger partial charge is 0.492 e. The Labute approximate surface area is 129 Å². The first kappa shape index (κ1) is 14.4. The molecule has 3 rings (SSSR count). The van der Waals surface area contributed by atoms with Gasteiger partial charge in [-0.15, -0.1) is 0 Å². The molecule has 3 nitrogen and oxygen atoms in total. The molecule has 20 heavy (non-hydrogen) atoms. The standard InChI is InChI=1S/C16H23BrN2O/c17-13-4-2-5-14(9-13)20-8-7-19-10-12-3-1-6-16(18)15(12)11-19/h2,4-5,9,12,15-16H,1,3,6-8,10-11,18H2. The Hall–Kier alpha value is -0.580. The maximum Gasteiger partial charge on any atom is 0.120 e. The number of halogens is 1.